The van der Waals surface area contributed by atoms with Crippen LogP contribution in [0.2, 0.25) is 0 Å². The number of hydrogen-bond donors (Lipinski definition) is 3. The standard InChI is InChI=1S/C22H16FN5O2/c23-14-11-18(20-19(12-14)24-9-10-25-20)21(29)26-16-7-4-8-17(13-16)28-22(30)27-15-5-2-1-3-6-15/h1-13H,(H,26,29)(H2,27,28,30). The monoisotopic (exact) mass is 401 g/mol. The van der Waals surface area contributed by atoms with Crippen LogP contribution in [0.1, 0.15) is 10.4 Å². The van der Waals surface area contributed by atoms with Gasteiger partial charge < -0.3 is 16.0 Å². The molecule has 0 spiro atoms. The summed E-state index contributed by atoms with van der Waals surface area (Å²) in [7, 11) is 0. The van der Waals surface area contributed by atoms with Crippen molar-refractivity contribution in [3.05, 3.63) is 90.5 Å². The highest BCUT2D eigenvalue weighted by Gasteiger charge is 2.14. The smallest absolute Gasteiger partial charge is 0.322 e. The highest BCUT2D eigenvalue weighted by molar-refractivity contribution is 6.11. The van der Waals surface area contributed by atoms with Crippen molar-refractivity contribution in [3.8, 4) is 0 Å². The van der Waals surface area contributed by atoms with Gasteiger partial charge in [-0.1, -0.05) is 24.3 Å². The summed E-state index contributed by atoms with van der Waals surface area (Å²) in [5, 5.41) is 8.10. The average molecular weight is 401 g/mol. The van der Waals surface area contributed by atoms with Crippen LogP contribution in [0.5, 0.6) is 0 Å². The van der Waals surface area contributed by atoms with Crippen LogP contribution in [0.4, 0.5) is 26.2 Å². The molecule has 148 valence electrons. The quantitative estimate of drug-likeness (QED) is 0.463. The highest BCUT2D eigenvalue weighted by atomic mass is 19.1. The normalized spacial score (nSPS) is 10.4. The van der Waals surface area contributed by atoms with E-state index in [9.17, 15) is 14.0 Å². The van der Waals surface area contributed by atoms with Gasteiger partial charge in [-0.25, -0.2) is 9.18 Å². The lowest BCUT2D eigenvalue weighted by atomic mass is 10.1. The van der Waals surface area contributed by atoms with Gasteiger partial charge in [0.1, 0.15) is 11.3 Å². The summed E-state index contributed by atoms with van der Waals surface area (Å²) < 4.78 is 13.9. The van der Waals surface area contributed by atoms with Crippen molar-refractivity contribution in [1.29, 1.82) is 0 Å². The molecule has 0 aliphatic carbocycles. The van der Waals surface area contributed by atoms with Gasteiger partial charge in [-0.15, -0.1) is 0 Å². The fourth-order valence-electron chi connectivity index (χ4n) is 2.90. The van der Waals surface area contributed by atoms with Gasteiger partial charge in [0.15, 0.2) is 0 Å². The Kier molecular flexibility index (Phi) is 5.29. The lowest BCUT2D eigenvalue weighted by Crippen LogP contribution is -2.19. The Labute approximate surface area is 171 Å². The summed E-state index contributed by atoms with van der Waals surface area (Å²) in [6.07, 6.45) is 2.87. The third kappa shape index (κ3) is 4.39. The van der Waals surface area contributed by atoms with E-state index in [4.69, 9.17) is 0 Å². The molecular weight excluding hydrogens is 385 g/mol. The Hall–Kier alpha value is -4.33. The molecular formula is C22H16FN5O2. The number of benzene rings is 3. The number of aromatic nitrogens is 2. The topological polar surface area (TPSA) is 96.0 Å². The first-order valence-corrected chi connectivity index (χ1v) is 9.03. The summed E-state index contributed by atoms with van der Waals surface area (Å²) in [6.45, 7) is 0. The molecule has 0 saturated heterocycles. The zero-order chi connectivity index (χ0) is 20.9. The molecule has 4 rings (SSSR count). The molecule has 3 aromatic carbocycles. The Morgan fingerprint density at radius 2 is 1.40 bits per heavy atom. The van der Waals surface area contributed by atoms with E-state index in [2.05, 4.69) is 25.9 Å². The molecule has 0 fully saturated rings. The van der Waals surface area contributed by atoms with E-state index in [1.807, 2.05) is 18.2 Å². The second-order valence-corrected chi connectivity index (χ2v) is 6.36. The lowest BCUT2D eigenvalue weighted by molar-refractivity contribution is 0.102. The van der Waals surface area contributed by atoms with Gasteiger partial charge in [0.2, 0.25) is 0 Å². The number of carbonyl (C=O) groups excluding carboxylic acids is 2. The van der Waals surface area contributed by atoms with E-state index >= 15 is 0 Å². The molecule has 0 saturated carbocycles. The average Bonchev–Trinajstić information content (AvgIpc) is 2.74. The van der Waals surface area contributed by atoms with Crippen molar-refractivity contribution in [2.45, 2.75) is 0 Å². The molecule has 0 bridgehead atoms. The summed E-state index contributed by atoms with van der Waals surface area (Å²) in [5.41, 5.74) is 2.21. The van der Waals surface area contributed by atoms with Gasteiger partial charge in [-0.05, 0) is 36.4 Å². The van der Waals surface area contributed by atoms with Gasteiger partial charge in [-0.3, -0.25) is 14.8 Å². The van der Waals surface area contributed by atoms with Crippen molar-refractivity contribution in [1.82, 2.24) is 9.97 Å². The van der Waals surface area contributed by atoms with Crippen LogP contribution in [0.3, 0.4) is 0 Å². The molecule has 0 atom stereocenters. The first-order chi connectivity index (χ1) is 14.6. The van der Waals surface area contributed by atoms with E-state index in [-0.39, 0.29) is 11.1 Å². The van der Waals surface area contributed by atoms with Crippen molar-refractivity contribution in [2.75, 3.05) is 16.0 Å². The van der Waals surface area contributed by atoms with Crippen molar-refractivity contribution in [2.24, 2.45) is 0 Å². The maximum absolute atomic E-state index is 13.9. The zero-order valence-electron chi connectivity index (χ0n) is 15.6. The number of amides is 3. The molecule has 0 unspecified atom stereocenters. The summed E-state index contributed by atoms with van der Waals surface area (Å²) in [6, 6.07) is 17.5. The minimum Gasteiger partial charge on any atom is -0.322 e. The Bertz CT molecular complexity index is 1230. The molecule has 0 aliphatic heterocycles. The first kappa shape index (κ1) is 19.0. The number of halogens is 1. The summed E-state index contributed by atoms with van der Waals surface area (Å²) in [5.74, 6) is -1.12. The molecule has 7 nitrogen and oxygen atoms in total. The largest absolute Gasteiger partial charge is 0.323 e. The number of urea groups is 1. The van der Waals surface area contributed by atoms with Crippen LogP contribution in [0, 0.1) is 5.82 Å². The summed E-state index contributed by atoms with van der Waals surface area (Å²) in [4.78, 5) is 33.0. The van der Waals surface area contributed by atoms with Crippen LogP contribution in [-0.2, 0) is 0 Å². The number of hydrogen-bond acceptors (Lipinski definition) is 4. The van der Waals surface area contributed by atoms with Gasteiger partial charge in [-0.2, -0.15) is 0 Å². The third-order valence-corrected chi connectivity index (χ3v) is 4.19. The van der Waals surface area contributed by atoms with Gasteiger partial charge >= 0.3 is 6.03 Å². The zero-order valence-corrected chi connectivity index (χ0v) is 15.6. The Balaban J connectivity index is 1.49. The first-order valence-electron chi connectivity index (χ1n) is 9.03. The number of nitrogens with one attached hydrogen (secondary N) is 3. The molecule has 8 heteroatoms. The highest BCUT2D eigenvalue weighted by Crippen LogP contribution is 2.20. The van der Waals surface area contributed by atoms with Crippen LogP contribution in [0.15, 0.2) is 79.1 Å². The second kappa shape index (κ2) is 8.36. The fourth-order valence-corrected chi connectivity index (χ4v) is 2.90. The molecule has 3 amide bonds. The third-order valence-electron chi connectivity index (χ3n) is 4.19. The van der Waals surface area contributed by atoms with Gasteiger partial charge in [0.25, 0.3) is 5.91 Å². The Morgan fingerprint density at radius 1 is 0.733 bits per heavy atom. The van der Waals surface area contributed by atoms with Gasteiger partial charge in [0, 0.05) is 35.5 Å². The summed E-state index contributed by atoms with van der Waals surface area (Å²) >= 11 is 0. The van der Waals surface area contributed by atoms with Crippen LogP contribution in [-0.4, -0.2) is 21.9 Å². The van der Waals surface area contributed by atoms with E-state index in [1.165, 1.54) is 18.5 Å². The number of carbonyl (C=O) groups is 2. The number of anilines is 3. The number of rotatable bonds is 4. The predicted octanol–water partition coefficient (Wildman–Crippen LogP) is 4.67. The maximum Gasteiger partial charge on any atom is 0.323 e. The molecule has 1 aromatic heterocycles. The van der Waals surface area contributed by atoms with Crippen molar-refractivity contribution >= 4 is 40.0 Å². The minimum atomic E-state index is -0.582. The fraction of sp³-hybridized carbons (Fsp3) is 0. The molecule has 30 heavy (non-hydrogen) atoms. The molecule has 0 radical (unpaired) electrons. The molecule has 1 heterocycles. The number of para-hydroxylation sites is 1. The van der Waals surface area contributed by atoms with E-state index < -0.39 is 17.8 Å². The maximum atomic E-state index is 13.9. The Morgan fingerprint density at radius 3 is 2.20 bits per heavy atom. The molecule has 0 aliphatic rings. The van der Waals surface area contributed by atoms with Crippen molar-refractivity contribution in [3.63, 3.8) is 0 Å². The van der Waals surface area contributed by atoms with Crippen LogP contribution in [0.25, 0.3) is 11.0 Å². The number of nitrogens with zero attached hydrogens (tertiary/aromatic N) is 2. The van der Waals surface area contributed by atoms with E-state index in [0.717, 1.165) is 6.07 Å². The van der Waals surface area contributed by atoms with Crippen LogP contribution >= 0.6 is 0 Å². The molecule has 4 aromatic rings. The predicted molar refractivity (Wildman–Crippen MR) is 113 cm³/mol. The van der Waals surface area contributed by atoms with E-state index in [1.54, 1.807) is 36.4 Å². The minimum absolute atomic E-state index is 0.0679. The number of fused-ring (bicyclic) bond motifs is 1. The van der Waals surface area contributed by atoms with Gasteiger partial charge in [0.05, 0.1) is 11.1 Å². The second-order valence-electron chi connectivity index (χ2n) is 6.36. The SMILES string of the molecule is O=C(Nc1ccccc1)Nc1cccc(NC(=O)c2cc(F)cc3nccnc23)c1. The van der Waals surface area contributed by atoms with E-state index in [0.29, 0.717) is 22.6 Å². The molecule has 3 N–H and O–H groups in total. The lowest BCUT2D eigenvalue weighted by Gasteiger charge is -2.11. The van der Waals surface area contributed by atoms with Crippen molar-refractivity contribution < 1.29 is 14.0 Å². The van der Waals surface area contributed by atoms with Crippen LogP contribution < -0.4 is 16.0 Å².